The highest BCUT2D eigenvalue weighted by Crippen LogP contribution is 2.11. The van der Waals surface area contributed by atoms with Crippen molar-refractivity contribution < 1.29 is 9.53 Å². The minimum atomic E-state index is -0.413. The average molecular weight is 274 g/mol. The van der Waals surface area contributed by atoms with Gasteiger partial charge in [-0.3, -0.25) is 0 Å². The lowest BCUT2D eigenvalue weighted by Crippen LogP contribution is -2.38. The summed E-state index contributed by atoms with van der Waals surface area (Å²) in [6.07, 6.45) is 8.08. The predicted molar refractivity (Wildman–Crippen MR) is 81.8 cm³/mol. The summed E-state index contributed by atoms with van der Waals surface area (Å²) >= 11 is 0. The third kappa shape index (κ3) is 13.5. The van der Waals surface area contributed by atoms with Gasteiger partial charge in [-0.15, -0.1) is 0 Å². The van der Waals surface area contributed by atoms with Crippen LogP contribution in [-0.2, 0) is 4.74 Å². The second-order valence-electron chi connectivity index (χ2n) is 5.95. The van der Waals surface area contributed by atoms with E-state index in [0.29, 0.717) is 0 Å². The van der Waals surface area contributed by atoms with Gasteiger partial charge < -0.3 is 16.2 Å². The summed E-state index contributed by atoms with van der Waals surface area (Å²) in [5, 5.41) is 2.95. The molecule has 0 fully saturated rings. The predicted octanol–water partition coefficient (Wildman–Crippen LogP) is 4.81. The first-order valence-corrected chi connectivity index (χ1v) is 7.38. The molecular formula is C15H34N2O2. The Morgan fingerprint density at radius 1 is 1.11 bits per heavy atom. The van der Waals surface area contributed by atoms with Gasteiger partial charge in [0.05, 0.1) is 0 Å². The number of carbonyl (C=O) groups excluding carboxylic acids is 1. The number of carbonyl (C=O) groups is 1. The maximum absolute atomic E-state index is 11.6. The lowest BCUT2D eigenvalue weighted by Gasteiger charge is -2.23. The van der Waals surface area contributed by atoms with Crippen molar-refractivity contribution in [3.63, 3.8) is 0 Å². The molecular weight excluding hydrogens is 240 g/mol. The Kier molecular flexibility index (Phi) is 12.0. The third-order valence-corrected chi connectivity index (χ3v) is 2.87. The molecule has 4 N–H and O–H groups in total. The number of amides is 1. The van der Waals surface area contributed by atoms with E-state index in [1.165, 1.54) is 32.1 Å². The quantitative estimate of drug-likeness (QED) is 0.624. The van der Waals surface area contributed by atoms with Gasteiger partial charge in [-0.2, -0.15) is 0 Å². The van der Waals surface area contributed by atoms with E-state index in [1.54, 1.807) is 0 Å². The maximum Gasteiger partial charge on any atom is 0.407 e. The van der Waals surface area contributed by atoms with E-state index in [1.807, 2.05) is 20.8 Å². The second-order valence-corrected chi connectivity index (χ2v) is 5.95. The molecule has 0 aliphatic heterocycles. The van der Waals surface area contributed by atoms with Crippen LogP contribution in [0.2, 0.25) is 0 Å². The van der Waals surface area contributed by atoms with Crippen LogP contribution in [0.15, 0.2) is 0 Å². The van der Waals surface area contributed by atoms with Crippen LogP contribution in [0.1, 0.15) is 79.6 Å². The fourth-order valence-corrected chi connectivity index (χ4v) is 1.85. The van der Waals surface area contributed by atoms with Crippen molar-refractivity contribution in [3.8, 4) is 0 Å². The van der Waals surface area contributed by atoms with Gasteiger partial charge in [-0.1, -0.05) is 46.0 Å². The minimum absolute atomic E-state index is 0. The van der Waals surface area contributed by atoms with Crippen LogP contribution in [0.5, 0.6) is 0 Å². The Bertz CT molecular complexity index is 225. The zero-order chi connectivity index (χ0) is 14.0. The number of alkyl carbamates (subject to hydrolysis) is 1. The molecule has 1 amide bonds. The standard InChI is InChI=1S/C15H31NO2.H3N/c1-6-8-9-10-11-12-13(7-2)16-14(17)18-15(3,4)5;/h13H,6-12H2,1-5H3,(H,16,17);1H3. The Morgan fingerprint density at radius 3 is 2.16 bits per heavy atom. The van der Waals surface area contributed by atoms with Crippen LogP contribution in [0, 0.1) is 0 Å². The Hall–Kier alpha value is -0.770. The molecule has 1 unspecified atom stereocenters. The van der Waals surface area contributed by atoms with Gasteiger partial charge in [0, 0.05) is 6.04 Å². The van der Waals surface area contributed by atoms with Crippen molar-refractivity contribution in [1.29, 1.82) is 0 Å². The molecule has 116 valence electrons. The Morgan fingerprint density at radius 2 is 1.68 bits per heavy atom. The Balaban J connectivity index is 0. The van der Waals surface area contributed by atoms with Gasteiger partial charge in [0.25, 0.3) is 0 Å². The summed E-state index contributed by atoms with van der Waals surface area (Å²) in [7, 11) is 0. The number of hydrogen-bond donors (Lipinski definition) is 2. The molecule has 0 aliphatic carbocycles. The molecule has 0 saturated heterocycles. The molecule has 0 radical (unpaired) electrons. The minimum Gasteiger partial charge on any atom is -0.444 e. The van der Waals surface area contributed by atoms with Crippen molar-refractivity contribution in [2.45, 2.75) is 91.2 Å². The molecule has 0 aromatic carbocycles. The van der Waals surface area contributed by atoms with Crippen LogP contribution in [0.25, 0.3) is 0 Å². The second kappa shape index (κ2) is 11.1. The molecule has 0 aromatic rings. The smallest absolute Gasteiger partial charge is 0.407 e. The molecule has 0 heterocycles. The zero-order valence-electron chi connectivity index (χ0n) is 13.6. The lowest BCUT2D eigenvalue weighted by atomic mass is 10.0. The number of hydrogen-bond acceptors (Lipinski definition) is 3. The van der Waals surface area contributed by atoms with E-state index in [-0.39, 0.29) is 18.3 Å². The van der Waals surface area contributed by atoms with Gasteiger partial charge in [-0.25, -0.2) is 4.79 Å². The van der Waals surface area contributed by atoms with E-state index in [2.05, 4.69) is 19.2 Å². The van der Waals surface area contributed by atoms with Crippen molar-refractivity contribution in [2.75, 3.05) is 0 Å². The largest absolute Gasteiger partial charge is 0.444 e. The first kappa shape index (κ1) is 20.5. The maximum atomic E-state index is 11.6. The first-order chi connectivity index (χ1) is 8.39. The summed E-state index contributed by atoms with van der Waals surface area (Å²) in [6, 6.07) is 0.251. The van der Waals surface area contributed by atoms with E-state index >= 15 is 0 Å². The van der Waals surface area contributed by atoms with Gasteiger partial charge >= 0.3 is 6.09 Å². The zero-order valence-corrected chi connectivity index (χ0v) is 13.6. The first-order valence-electron chi connectivity index (χ1n) is 7.38. The third-order valence-electron chi connectivity index (χ3n) is 2.87. The molecule has 0 aromatic heterocycles. The van der Waals surface area contributed by atoms with Gasteiger partial charge in [0.1, 0.15) is 5.60 Å². The van der Waals surface area contributed by atoms with Crippen LogP contribution in [0.3, 0.4) is 0 Å². The van der Waals surface area contributed by atoms with Crippen LogP contribution in [-0.4, -0.2) is 17.7 Å². The van der Waals surface area contributed by atoms with Gasteiger partial charge in [0.2, 0.25) is 0 Å². The van der Waals surface area contributed by atoms with Crippen molar-refractivity contribution in [1.82, 2.24) is 11.5 Å². The molecule has 19 heavy (non-hydrogen) atoms. The molecule has 0 spiro atoms. The van der Waals surface area contributed by atoms with E-state index < -0.39 is 5.60 Å². The molecule has 0 bridgehead atoms. The molecule has 4 nitrogen and oxygen atoms in total. The number of unbranched alkanes of at least 4 members (excludes halogenated alkanes) is 4. The van der Waals surface area contributed by atoms with Crippen molar-refractivity contribution >= 4 is 6.09 Å². The van der Waals surface area contributed by atoms with Crippen LogP contribution >= 0.6 is 0 Å². The lowest BCUT2D eigenvalue weighted by molar-refractivity contribution is 0.0499. The monoisotopic (exact) mass is 274 g/mol. The summed E-state index contributed by atoms with van der Waals surface area (Å²) in [5.74, 6) is 0. The molecule has 0 rings (SSSR count). The topological polar surface area (TPSA) is 73.3 Å². The highest BCUT2D eigenvalue weighted by molar-refractivity contribution is 5.68. The van der Waals surface area contributed by atoms with Crippen LogP contribution in [0.4, 0.5) is 4.79 Å². The van der Waals surface area contributed by atoms with Crippen molar-refractivity contribution in [2.24, 2.45) is 0 Å². The fourth-order valence-electron chi connectivity index (χ4n) is 1.85. The SMILES string of the molecule is CCCCCCCC(CC)NC(=O)OC(C)(C)C.N. The Labute approximate surface area is 119 Å². The normalized spacial score (nSPS) is 12.5. The van der Waals surface area contributed by atoms with E-state index in [0.717, 1.165) is 12.8 Å². The summed E-state index contributed by atoms with van der Waals surface area (Å²) in [6.45, 7) is 9.99. The van der Waals surface area contributed by atoms with Crippen LogP contribution < -0.4 is 11.5 Å². The summed E-state index contributed by atoms with van der Waals surface area (Å²) in [5.41, 5.74) is -0.413. The van der Waals surface area contributed by atoms with E-state index in [9.17, 15) is 4.79 Å². The highest BCUT2D eigenvalue weighted by Gasteiger charge is 2.18. The number of rotatable bonds is 8. The van der Waals surface area contributed by atoms with Crippen molar-refractivity contribution in [3.05, 3.63) is 0 Å². The fraction of sp³-hybridized carbons (Fsp3) is 0.933. The van der Waals surface area contributed by atoms with Gasteiger partial charge in [0.15, 0.2) is 0 Å². The van der Waals surface area contributed by atoms with E-state index in [4.69, 9.17) is 4.74 Å². The highest BCUT2D eigenvalue weighted by atomic mass is 16.6. The molecule has 4 heteroatoms. The molecule has 0 aliphatic rings. The summed E-state index contributed by atoms with van der Waals surface area (Å²) in [4.78, 5) is 11.6. The molecule has 1 atom stereocenters. The summed E-state index contributed by atoms with van der Waals surface area (Å²) < 4.78 is 5.26. The average Bonchev–Trinajstić information content (AvgIpc) is 2.24. The number of nitrogens with one attached hydrogen (secondary N) is 1. The number of ether oxygens (including phenoxy) is 1. The molecule has 0 saturated carbocycles. The van der Waals surface area contributed by atoms with Gasteiger partial charge in [-0.05, 0) is 33.6 Å².